The molecule has 8 nitrogen and oxygen atoms in total. The van der Waals surface area contributed by atoms with Crippen LogP contribution in [0.2, 0.25) is 0 Å². The number of benzene rings is 1. The number of aliphatic hydroxyl groups excluding tert-OH is 3. The highest BCUT2D eigenvalue weighted by Gasteiger charge is 2.67. The second-order valence-corrected chi connectivity index (χ2v) is 16.5. The molecular formula is C34H53NO7S. The van der Waals surface area contributed by atoms with E-state index in [4.69, 9.17) is 0 Å². The fourth-order valence-corrected chi connectivity index (χ4v) is 11.5. The molecule has 0 radical (unpaired) electrons. The molecule has 1 aromatic carbocycles. The van der Waals surface area contributed by atoms with Crippen LogP contribution in [-0.2, 0) is 14.9 Å². The van der Waals surface area contributed by atoms with E-state index in [0.29, 0.717) is 18.4 Å². The summed E-state index contributed by atoms with van der Waals surface area (Å²) in [6.45, 7) is 8.90. The average molecular weight is 620 g/mol. The van der Waals surface area contributed by atoms with Crippen LogP contribution in [0.5, 0.6) is 0 Å². The van der Waals surface area contributed by atoms with Crippen molar-refractivity contribution in [2.24, 2.45) is 52.3 Å². The molecule has 0 aliphatic heterocycles. The van der Waals surface area contributed by atoms with Crippen molar-refractivity contribution in [3.05, 3.63) is 35.9 Å². The van der Waals surface area contributed by atoms with E-state index >= 15 is 0 Å². The van der Waals surface area contributed by atoms with Crippen LogP contribution in [0.15, 0.2) is 30.3 Å². The summed E-state index contributed by atoms with van der Waals surface area (Å²) in [4.78, 5) is 13.1. The molecule has 4 fully saturated rings. The number of fused-ring (bicyclic) bond motifs is 5. The molecule has 13 unspecified atom stereocenters. The van der Waals surface area contributed by atoms with Gasteiger partial charge in [0, 0.05) is 6.42 Å². The summed E-state index contributed by atoms with van der Waals surface area (Å²) in [5.41, 5.74) is 0.267. The van der Waals surface area contributed by atoms with Crippen molar-refractivity contribution in [3.8, 4) is 0 Å². The number of hydrogen-bond donors (Lipinski definition) is 5. The first kappa shape index (κ1) is 32.9. The maximum Gasteiger partial charge on any atom is 0.267 e. The van der Waals surface area contributed by atoms with E-state index in [1.54, 1.807) is 24.3 Å². The fourth-order valence-electron chi connectivity index (χ4n) is 10.8. The highest BCUT2D eigenvalue weighted by molar-refractivity contribution is 7.85. The van der Waals surface area contributed by atoms with Gasteiger partial charge in [0.25, 0.3) is 10.1 Å². The Kier molecular flexibility index (Phi) is 9.44. The molecule has 242 valence electrons. The van der Waals surface area contributed by atoms with Gasteiger partial charge >= 0.3 is 0 Å². The van der Waals surface area contributed by atoms with Gasteiger partial charge in [-0.2, -0.15) is 8.42 Å². The number of rotatable bonds is 9. The maximum absolute atomic E-state index is 13.1. The molecule has 4 saturated carbocycles. The fraction of sp³-hybridized carbons (Fsp3) is 0.794. The first-order valence-corrected chi connectivity index (χ1v) is 18.1. The van der Waals surface area contributed by atoms with Crippen molar-refractivity contribution < 1.29 is 33.1 Å². The van der Waals surface area contributed by atoms with Crippen molar-refractivity contribution in [2.45, 2.75) is 110 Å². The monoisotopic (exact) mass is 619 g/mol. The van der Waals surface area contributed by atoms with E-state index in [1.807, 2.05) is 6.07 Å². The lowest BCUT2D eigenvalue weighted by Crippen LogP contribution is -2.65. The molecule has 0 spiro atoms. The number of aliphatic hydroxyl groups is 3. The van der Waals surface area contributed by atoms with Crippen LogP contribution in [0.1, 0.15) is 97.1 Å². The topological polar surface area (TPSA) is 144 Å². The molecule has 0 heterocycles. The van der Waals surface area contributed by atoms with Gasteiger partial charge in [-0.1, -0.05) is 64.4 Å². The molecule has 13 atom stereocenters. The van der Waals surface area contributed by atoms with Crippen LogP contribution in [0, 0.1) is 52.3 Å². The zero-order chi connectivity index (χ0) is 31.3. The third kappa shape index (κ3) is 6.06. The van der Waals surface area contributed by atoms with E-state index in [1.165, 1.54) is 0 Å². The van der Waals surface area contributed by atoms with E-state index in [9.17, 15) is 33.1 Å². The van der Waals surface area contributed by atoms with Crippen molar-refractivity contribution >= 4 is 16.0 Å². The third-order valence-electron chi connectivity index (χ3n) is 13.0. The Morgan fingerprint density at radius 3 is 2.37 bits per heavy atom. The van der Waals surface area contributed by atoms with Gasteiger partial charge in [0.15, 0.2) is 0 Å². The average Bonchev–Trinajstić information content (AvgIpc) is 3.31. The smallest absolute Gasteiger partial charge is 0.267 e. The summed E-state index contributed by atoms with van der Waals surface area (Å²) < 4.78 is 32.8. The standard InChI is InChI=1S/C34H53NO7S/c1-5-23-26-17-22(36)15-16-33(26,3)27-18-29(37)34(4)24(12-13-25(34)31(27)32(23)39)20(2)11-14-30(38)35-28(19-43(40,41)42)21-9-7-6-8-10-21/h6-10,20,22-29,31-32,36-37,39H,5,11-19H2,1-4H3,(H,35,38)(H,40,41,42). The third-order valence-corrected chi connectivity index (χ3v) is 13.8. The quantitative estimate of drug-likeness (QED) is 0.251. The predicted octanol–water partition coefficient (Wildman–Crippen LogP) is 4.75. The summed E-state index contributed by atoms with van der Waals surface area (Å²) in [5, 5.41) is 37.2. The molecule has 9 heteroatoms. The minimum absolute atomic E-state index is 0.00521. The van der Waals surface area contributed by atoms with Crippen molar-refractivity contribution in [3.63, 3.8) is 0 Å². The van der Waals surface area contributed by atoms with Gasteiger partial charge in [-0.15, -0.1) is 0 Å². The lowest BCUT2D eigenvalue weighted by molar-refractivity contribution is -0.228. The highest BCUT2D eigenvalue weighted by atomic mass is 32.2. The molecule has 0 saturated heterocycles. The summed E-state index contributed by atoms with van der Waals surface area (Å²) in [6.07, 6.45) is 5.52. The van der Waals surface area contributed by atoms with Crippen LogP contribution < -0.4 is 5.32 Å². The van der Waals surface area contributed by atoms with Gasteiger partial charge in [-0.3, -0.25) is 9.35 Å². The summed E-state index contributed by atoms with van der Waals surface area (Å²) in [5.74, 6) is 0.486. The van der Waals surface area contributed by atoms with Crippen LogP contribution in [0.25, 0.3) is 0 Å². The molecule has 5 rings (SSSR count). The second-order valence-electron chi connectivity index (χ2n) is 15.0. The summed E-state index contributed by atoms with van der Waals surface area (Å²) >= 11 is 0. The Hall–Kier alpha value is -1.52. The number of hydrogen-bond acceptors (Lipinski definition) is 6. The van der Waals surface area contributed by atoms with Gasteiger partial charge < -0.3 is 20.6 Å². The van der Waals surface area contributed by atoms with Crippen LogP contribution >= 0.6 is 0 Å². The molecule has 4 aliphatic rings. The normalized spacial score (nSPS) is 42.3. The second kappa shape index (κ2) is 12.3. The van der Waals surface area contributed by atoms with E-state index < -0.39 is 34.1 Å². The SMILES string of the molecule is CCC1C(O)C2C(CC(O)C3(C)C(C(C)CCC(=O)NC(CS(=O)(=O)O)c4ccccc4)CCC23)C2(C)CCC(O)CC12. The molecule has 0 aromatic heterocycles. The van der Waals surface area contributed by atoms with E-state index in [-0.39, 0.29) is 70.7 Å². The largest absolute Gasteiger partial charge is 0.393 e. The Morgan fingerprint density at radius 1 is 1.02 bits per heavy atom. The van der Waals surface area contributed by atoms with Crippen molar-refractivity contribution in [2.75, 3.05) is 5.75 Å². The number of amides is 1. The van der Waals surface area contributed by atoms with Gasteiger partial charge in [0.05, 0.1) is 30.1 Å². The molecule has 4 aliphatic carbocycles. The Balaban J connectivity index is 1.29. The van der Waals surface area contributed by atoms with Crippen molar-refractivity contribution in [1.29, 1.82) is 0 Å². The summed E-state index contributed by atoms with van der Waals surface area (Å²) in [6, 6.07) is 7.97. The zero-order valence-corrected chi connectivity index (χ0v) is 27.0. The Labute approximate surface area is 257 Å². The van der Waals surface area contributed by atoms with Gasteiger partial charge in [-0.25, -0.2) is 0 Å². The molecule has 5 N–H and O–H groups in total. The van der Waals surface area contributed by atoms with Crippen LogP contribution in [0.4, 0.5) is 0 Å². The predicted molar refractivity (Wildman–Crippen MR) is 165 cm³/mol. The molecule has 1 amide bonds. The van der Waals surface area contributed by atoms with Gasteiger partial charge in [-0.05, 0) is 103 Å². The minimum atomic E-state index is -4.30. The summed E-state index contributed by atoms with van der Waals surface area (Å²) in [7, 11) is -4.30. The van der Waals surface area contributed by atoms with Crippen LogP contribution in [0.3, 0.4) is 0 Å². The van der Waals surface area contributed by atoms with Crippen LogP contribution in [-0.4, -0.2) is 58.3 Å². The molecular weight excluding hydrogens is 566 g/mol. The first-order valence-electron chi connectivity index (χ1n) is 16.5. The highest BCUT2D eigenvalue weighted by Crippen LogP contribution is 2.69. The molecule has 43 heavy (non-hydrogen) atoms. The van der Waals surface area contributed by atoms with E-state index in [0.717, 1.165) is 38.5 Å². The van der Waals surface area contributed by atoms with Gasteiger partial charge in [0.1, 0.15) is 0 Å². The Bertz CT molecular complexity index is 1240. The van der Waals surface area contributed by atoms with Crippen molar-refractivity contribution in [1.82, 2.24) is 5.32 Å². The van der Waals surface area contributed by atoms with Gasteiger partial charge in [0.2, 0.25) is 5.91 Å². The lowest BCUT2D eigenvalue weighted by Gasteiger charge is -2.65. The number of carbonyl (C=O) groups excluding carboxylic acids is 1. The lowest BCUT2D eigenvalue weighted by atomic mass is 9.41. The minimum Gasteiger partial charge on any atom is -0.393 e. The number of nitrogens with one attached hydrogen (secondary N) is 1. The zero-order valence-electron chi connectivity index (χ0n) is 26.2. The first-order chi connectivity index (χ1) is 20.2. The molecule has 1 aromatic rings. The van der Waals surface area contributed by atoms with E-state index in [2.05, 4.69) is 33.0 Å². The Morgan fingerprint density at radius 2 is 1.72 bits per heavy atom. The molecule has 0 bridgehead atoms. The maximum atomic E-state index is 13.1. The number of carbonyl (C=O) groups is 1.